The highest BCUT2D eigenvalue weighted by atomic mass is 32.2. The number of nitrogens with zero attached hydrogens (tertiary/aromatic N) is 1. The van der Waals surface area contributed by atoms with Gasteiger partial charge in [-0.15, -0.1) is 11.8 Å². The van der Waals surface area contributed by atoms with Crippen molar-refractivity contribution in [2.45, 2.75) is 42.1 Å². The molecule has 0 spiro atoms. The van der Waals surface area contributed by atoms with Crippen molar-refractivity contribution in [3.05, 3.63) is 35.9 Å². The molecule has 2 amide bonds. The second-order valence-corrected chi connectivity index (χ2v) is 8.24. The Kier molecular flexibility index (Phi) is 4.05. The molecule has 1 aromatic rings. The molecule has 2 aliphatic rings. The van der Waals surface area contributed by atoms with Crippen molar-refractivity contribution < 1.29 is 19.5 Å². The Morgan fingerprint density at radius 3 is 2.54 bits per heavy atom. The lowest BCUT2D eigenvalue weighted by molar-refractivity contribution is -0.161. The van der Waals surface area contributed by atoms with Crippen LogP contribution in [0.25, 0.3) is 0 Å². The van der Waals surface area contributed by atoms with E-state index in [1.54, 1.807) is 38.1 Å². The number of carbonyl (C=O) groups is 3. The van der Waals surface area contributed by atoms with E-state index < -0.39 is 34.7 Å². The van der Waals surface area contributed by atoms with Crippen LogP contribution in [0.15, 0.2) is 30.3 Å². The van der Waals surface area contributed by atoms with Crippen molar-refractivity contribution in [2.24, 2.45) is 5.73 Å². The number of nitrogens with two attached hydrogens (primary N) is 1. The van der Waals surface area contributed by atoms with Crippen LogP contribution in [0.4, 0.5) is 0 Å². The van der Waals surface area contributed by atoms with E-state index >= 15 is 0 Å². The maximum atomic E-state index is 12.3. The molecule has 8 heteroatoms. The summed E-state index contributed by atoms with van der Waals surface area (Å²) in [7, 11) is 0. The summed E-state index contributed by atoms with van der Waals surface area (Å²) in [5, 5.41) is 11.7. The highest BCUT2D eigenvalue weighted by molar-refractivity contribution is 8.01. The molecule has 2 saturated heterocycles. The second kappa shape index (κ2) is 5.78. The summed E-state index contributed by atoms with van der Waals surface area (Å²) in [6.07, 6.45) is 0. The summed E-state index contributed by atoms with van der Waals surface area (Å²) in [6.45, 7) is 3.58. The first kappa shape index (κ1) is 16.8. The average Bonchev–Trinajstić information content (AvgIpc) is 2.80. The molecule has 2 aliphatic heterocycles. The molecule has 0 bridgehead atoms. The fourth-order valence-corrected chi connectivity index (χ4v) is 4.83. The Bertz CT molecular complexity index is 694. The molecule has 0 saturated carbocycles. The summed E-state index contributed by atoms with van der Waals surface area (Å²) in [6, 6.07) is 6.38. The van der Waals surface area contributed by atoms with E-state index in [1.807, 2.05) is 6.07 Å². The summed E-state index contributed by atoms with van der Waals surface area (Å²) in [5.74, 6) is -1.86. The normalized spacial score (nSPS) is 28.7. The lowest BCUT2D eigenvalue weighted by atomic mass is 9.95. The van der Waals surface area contributed by atoms with Gasteiger partial charge in [-0.1, -0.05) is 30.3 Å². The van der Waals surface area contributed by atoms with Crippen LogP contribution in [-0.4, -0.2) is 50.0 Å². The summed E-state index contributed by atoms with van der Waals surface area (Å²) < 4.78 is -0.618. The number of hydrogen-bond acceptors (Lipinski definition) is 5. The van der Waals surface area contributed by atoms with Gasteiger partial charge in [-0.3, -0.25) is 9.59 Å². The molecule has 0 aromatic heterocycles. The minimum atomic E-state index is -1.03. The second-order valence-electron chi connectivity index (χ2n) is 6.47. The first-order valence-corrected chi connectivity index (χ1v) is 8.45. The fourth-order valence-electron chi connectivity index (χ4n) is 3.20. The van der Waals surface area contributed by atoms with E-state index in [0.717, 1.165) is 0 Å². The Labute approximate surface area is 143 Å². The van der Waals surface area contributed by atoms with Crippen molar-refractivity contribution in [3.8, 4) is 0 Å². The molecule has 3 unspecified atom stereocenters. The predicted octanol–water partition coefficient (Wildman–Crippen LogP) is 0.318. The fraction of sp³-hybridized carbons (Fsp3) is 0.438. The molecule has 2 fully saturated rings. The van der Waals surface area contributed by atoms with Gasteiger partial charge in [0.1, 0.15) is 23.5 Å². The molecule has 1 aromatic carbocycles. The molecule has 24 heavy (non-hydrogen) atoms. The first-order chi connectivity index (χ1) is 11.2. The van der Waals surface area contributed by atoms with Crippen LogP contribution in [0.2, 0.25) is 0 Å². The van der Waals surface area contributed by atoms with Gasteiger partial charge in [-0.2, -0.15) is 0 Å². The standard InChI is InChI=1S/C16H19N3O4S/c1-16(2)11(15(22)23)19-13(21)10(14(19)24-16)18-12(20)9(17)8-6-4-3-5-7-8/h3-7,9-11,14H,17H2,1-2H3,(H,18,20)(H,22,23)/t9?,10?,11?,14-/m1/s1. The van der Waals surface area contributed by atoms with E-state index in [4.69, 9.17) is 5.73 Å². The maximum Gasteiger partial charge on any atom is 0.327 e. The van der Waals surface area contributed by atoms with Crippen molar-refractivity contribution in [2.75, 3.05) is 0 Å². The predicted molar refractivity (Wildman–Crippen MR) is 89.0 cm³/mol. The topological polar surface area (TPSA) is 113 Å². The highest BCUT2D eigenvalue weighted by Gasteiger charge is 2.64. The Morgan fingerprint density at radius 1 is 1.33 bits per heavy atom. The van der Waals surface area contributed by atoms with E-state index in [0.29, 0.717) is 5.56 Å². The van der Waals surface area contributed by atoms with Crippen LogP contribution in [0.1, 0.15) is 25.5 Å². The minimum absolute atomic E-state index is 0.375. The van der Waals surface area contributed by atoms with Gasteiger partial charge in [0.05, 0.1) is 0 Å². The van der Waals surface area contributed by atoms with Crippen LogP contribution in [-0.2, 0) is 14.4 Å². The van der Waals surface area contributed by atoms with Crippen molar-refractivity contribution in [3.63, 3.8) is 0 Å². The average molecular weight is 349 g/mol. The van der Waals surface area contributed by atoms with E-state index in [9.17, 15) is 19.5 Å². The van der Waals surface area contributed by atoms with Crippen molar-refractivity contribution in [1.82, 2.24) is 10.2 Å². The molecule has 7 nitrogen and oxygen atoms in total. The number of carboxylic acids is 1. The van der Waals surface area contributed by atoms with Gasteiger partial charge < -0.3 is 21.1 Å². The number of benzene rings is 1. The number of fused-ring (bicyclic) bond motifs is 1. The molecule has 3 rings (SSSR count). The van der Waals surface area contributed by atoms with Crippen LogP contribution < -0.4 is 11.1 Å². The number of nitrogens with one attached hydrogen (secondary N) is 1. The van der Waals surface area contributed by atoms with E-state index in [1.165, 1.54) is 16.7 Å². The third-order valence-electron chi connectivity index (χ3n) is 4.41. The number of aliphatic carboxylic acids is 1. The van der Waals surface area contributed by atoms with E-state index in [-0.39, 0.29) is 11.3 Å². The van der Waals surface area contributed by atoms with Crippen LogP contribution in [0.3, 0.4) is 0 Å². The number of hydrogen-bond donors (Lipinski definition) is 3. The quantitative estimate of drug-likeness (QED) is 0.675. The van der Waals surface area contributed by atoms with Gasteiger partial charge in [-0.25, -0.2) is 4.79 Å². The molecule has 4 atom stereocenters. The third-order valence-corrected chi connectivity index (χ3v) is 5.99. The summed E-state index contributed by atoms with van der Waals surface area (Å²) in [4.78, 5) is 37.5. The monoisotopic (exact) mass is 349 g/mol. The van der Waals surface area contributed by atoms with Crippen molar-refractivity contribution >= 4 is 29.5 Å². The minimum Gasteiger partial charge on any atom is -0.480 e. The van der Waals surface area contributed by atoms with Gasteiger partial charge >= 0.3 is 5.97 Å². The zero-order valence-corrected chi connectivity index (χ0v) is 14.1. The zero-order chi connectivity index (χ0) is 17.6. The van der Waals surface area contributed by atoms with Crippen LogP contribution in [0, 0.1) is 0 Å². The molecule has 2 heterocycles. The van der Waals surface area contributed by atoms with Gasteiger partial charge in [-0.05, 0) is 19.4 Å². The SMILES string of the molecule is CC1(C)S[C@@H]2C(NC(=O)C(N)c3ccccc3)C(=O)N2C1C(=O)O. The summed E-state index contributed by atoms with van der Waals surface area (Å²) >= 11 is 1.38. The number of carbonyl (C=O) groups excluding carboxylic acids is 2. The lowest BCUT2D eigenvalue weighted by Crippen LogP contribution is -2.71. The van der Waals surface area contributed by atoms with Crippen LogP contribution >= 0.6 is 11.8 Å². The zero-order valence-electron chi connectivity index (χ0n) is 13.3. The summed E-state index contributed by atoms with van der Waals surface area (Å²) in [5.41, 5.74) is 6.59. The van der Waals surface area contributed by atoms with Crippen LogP contribution in [0.5, 0.6) is 0 Å². The Morgan fingerprint density at radius 2 is 1.96 bits per heavy atom. The smallest absolute Gasteiger partial charge is 0.327 e. The van der Waals surface area contributed by atoms with Crippen molar-refractivity contribution in [1.29, 1.82) is 0 Å². The number of β-lactam (4-membered cyclic amide) rings is 1. The molecule has 128 valence electrons. The van der Waals surface area contributed by atoms with Gasteiger partial charge in [0.15, 0.2) is 0 Å². The third kappa shape index (κ3) is 2.55. The largest absolute Gasteiger partial charge is 0.480 e. The van der Waals surface area contributed by atoms with Gasteiger partial charge in [0.2, 0.25) is 11.8 Å². The number of amides is 2. The Hall–Kier alpha value is -2.06. The number of rotatable bonds is 4. The number of thioether (sulfide) groups is 1. The molecule has 4 N–H and O–H groups in total. The van der Waals surface area contributed by atoms with Gasteiger partial charge in [0.25, 0.3) is 0 Å². The molecular weight excluding hydrogens is 330 g/mol. The Balaban J connectivity index is 1.71. The number of carboxylic acid groups (broad SMARTS) is 1. The lowest BCUT2D eigenvalue weighted by Gasteiger charge is -2.43. The molecular formula is C16H19N3O4S. The van der Waals surface area contributed by atoms with Gasteiger partial charge in [0, 0.05) is 4.75 Å². The highest BCUT2D eigenvalue weighted by Crippen LogP contribution is 2.50. The first-order valence-electron chi connectivity index (χ1n) is 7.58. The molecule has 0 aliphatic carbocycles. The van der Waals surface area contributed by atoms with E-state index in [2.05, 4.69) is 5.32 Å². The molecule has 0 radical (unpaired) electrons. The maximum absolute atomic E-state index is 12.3.